The minimum atomic E-state index is -3.81. The van der Waals surface area contributed by atoms with Gasteiger partial charge in [0, 0.05) is 18.7 Å². The van der Waals surface area contributed by atoms with Crippen molar-refractivity contribution in [3.8, 4) is 5.75 Å². The zero-order valence-corrected chi connectivity index (χ0v) is 16.2. The van der Waals surface area contributed by atoms with E-state index in [1.807, 2.05) is 6.92 Å². The standard InChI is InChI=1S/C14H19BrClNO5S/c1-4-22-11-7-10(14(11)21-3)17-23(18,19)12-6-8(16)5-9(15)13(12)20-2/h5-6,10-11,14,17H,4,7H2,1-3H3/t10-,11+,14+/m0/s1. The second-order valence-electron chi connectivity index (χ2n) is 5.08. The lowest BCUT2D eigenvalue weighted by Gasteiger charge is -2.43. The summed E-state index contributed by atoms with van der Waals surface area (Å²) in [5.41, 5.74) is 0. The Bertz CT molecular complexity index is 669. The molecule has 1 N–H and O–H groups in total. The van der Waals surface area contributed by atoms with E-state index < -0.39 is 10.0 Å². The van der Waals surface area contributed by atoms with E-state index in [0.717, 1.165) is 0 Å². The van der Waals surface area contributed by atoms with Crippen LogP contribution in [0.2, 0.25) is 5.02 Å². The molecule has 1 aromatic rings. The molecule has 6 nitrogen and oxygen atoms in total. The first kappa shape index (κ1) is 19.0. The van der Waals surface area contributed by atoms with Gasteiger partial charge in [0.15, 0.2) is 5.75 Å². The van der Waals surface area contributed by atoms with Crippen molar-refractivity contribution in [2.24, 2.45) is 0 Å². The Hall–Kier alpha value is -0.380. The van der Waals surface area contributed by atoms with Crippen molar-refractivity contribution in [3.05, 3.63) is 21.6 Å². The molecular weight excluding hydrogens is 410 g/mol. The minimum absolute atomic E-state index is 0.0194. The van der Waals surface area contributed by atoms with Crippen LogP contribution in [0.25, 0.3) is 0 Å². The summed E-state index contributed by atoms with van der Waals surface area (Å²) in [6, 6.07) is 2.57. The molecule has 130 valence electrons. The van der Waals surface area contributed by atoms with E-state index in [9.17, 15) is 8.42 Å². The predicted octanol–water partition coefficient (Wildman–Crippen LogP) is 2.58. The molecule has 1 aromatic carbocycles. The van der Waals surface area contributed by atoms with E-state index in [1.165, 1.54) is 20.3 Å². The predicted molar refractivity (Wildman–Crippen MR) is 90.6 cm³/mol. The first-order chi connectivity index (χ1) is 10.8. The molecule has 3 atom stereocenters. The monoisotopic (exact) mass is 427 g/mol. The van der Waals surface area contributed by atoms with E-state index in [0.29, 0.717) is 22.5 Å². The molecule has 0 heterocycles. The maximum absolute atomic E-state index is 12.7. The van der Waals surface area contributed by atoms with Crippen LogP contribution in [0.4, 0.5) is 0 Å². The molecular formula is C14H19BrClNO5S. The molecule has 23 heavy (non-hydrogen) atoms. The van der Waals surface area contributed by atoms with Gasteiger partial charge >= 0.3 is 0 Å². The van der Waals surface area contributed by atoms with Crippen LogP contribution in [-0.4, -0.2) is 47.5 Å². The fourth-order valence-electron chi connectivity index (χ4n) is 2.59. The zero-order valence-electron chi connectivity index (χ0n) is 13.0. The summed E-state index contributed by atoms with van der Waals surface area (Å²) >= 11 is 9.22. The average Bonchev–Trinajstić information content (AvgIpc) is 2.45. The van der Waals surface area contributed by atoms with Gasteiger partial charge in [-0.3, -0.25) is 0 Å². The van der Waals surface area contributed by atoms with Crippen molar-refractivity contribution in [3.63, 3.8) is 0 Å². The highest BCUT2D eigenvalue weighted by Crippen LogP contribution is 2.36. The van der Waals surface area contributed by atoms with Crippen LogP contribution < -0.4 is 9.46 Å². The lowest BCUT2D eigenvalue weighted by atomic mass is 9.86. The first-order valence-electron chi connectivity index (χ1n) is 7.03. The molecule has 1 aliphatic carbocycles. The Kier molecular flexibility index (Phi) is 6.32. The Morgan fingerprint density at radius 3 is 2.65 bits per heavy atom. The molecule has 0 bridgehead atoms. The van der Waals surface area contributed by atoms with Gasteiger partial charge in [-0.25, -0.2) is 13.1 Å². The van der Waals surface area contributed by atoms with E-state index in [4.69, 9.17) is 25.8 Å². The summed E-state index contributed by atoms with van der Waals surface area (Å²) in [4.78, 5) is -0.0194. The number of benzene rings is 1. The quantitative estimate of drug-likeness (QED) is 0.722. The SMILES string of the molecule is CCO[C@@H]1C[C@H](NS(=O)(=O)c2cc(Cl)cc(Br)c2OC)[C@H]1OC. The van der Waals surface area contributed by atoms with Gasteiger partial charge in [-0.15, -0.1) is 0 Å². The largest absolute Gasteiger partial charge is 0.494 e. The number of sulfonamides is 1. The van der Waals surface area contributed by atoms with E-state index in [1.54, 1.807) is 6.07 Å². The number of ether oxygens (including phenoxy) is 3. The molecule has 0 amide bonds. The molecule has 9 heteroatoms. The molecule has 0 radical (unpaired) electrons. The molecule has 1 aliphatic rings. The topological polar surface area (TPSA) is 73.9 Å². The number of hydrogen-bond acceptors (Lipinski definition) is 5. The third-order valence-electron chi connectivity index (χ3n) is 3.68. The smallest absolute Gasteiger partial charge is 0.244 e. The summed E-state index contributed by atoms with van der Waals surface area (Å²) < 4.78 is 44.5. The minimum Gasteiger partial charge on any atom is -0.494 e. The first-order valence-corrected chi connectivity index (χ1v) is 9.69. The number of methoxy groups -OCH3 is 2. The Morgan fingerprint density at radius 1 is 1.39 bits per heavy atom. The van der Waals surface area contributed by atoms with Crippen molar-refractivity contribution in [1.29, 1.82) is 0 Å². The number of hydrogen-bond donors (Lipinski definition) is 1. The van der Waals surface area contributed by atoms with Crippen molar-refractivity contribution < 1.29 is 22.6 Å². The fourth-order valence-corrected chi connectivity index (χ4v) is 5.23. The molecule has 0 aliphatic heterocycles. The third kappa shape index (κ3) is 4.00. The fraction of sp³-hybridized carbons (Fsp3) is 0.571. The van der Waals surface area contributed by atoms with Crippen LogP contribution in [-0.2, 0) is 19.5 Å². The lowest BCUT2D eigenvalue weighted by molar-refractivity contribution is -0.126. The van der Waals surface area contributed by atoms with Gasteiger partial charge in [0.1, 0.15) is 4.90 Å². The van der Waals surface area contributed by atoms with Crippen molar-refractivity contribution in [1.82, 2.24) is 4.72 Å². The van der Waals surface area contributed by atoms with Gasteiger partial charge in [-0.05, 0) is 41.4 Å². The molecule has 1 fully saturated rings. The Morgan fingerprint density at radius 2 is 2.09 bits per heavy atom. The second-order valence-corrected chi connectivity index (χ2v) is 8.05. The summed E-state index contributed by atoms with van der Waals surface area (Å²) in [5, 5.41) is 0.294. The maximum atomic E-state index is 12.7. The molecule has 0 aromatic heterocycles. The highest BCUT2D eigenvalue weighted by Gasteiger charge is 2.44. The van der Waals surface area contributed by atoms with Crippen LogP contribution in [0, 0.1) is 0 Å². The van der Waals surface area contributed by atoms with Gasteiger partial charge in [0.25, 0.3) is 0 Å². The Labute approximate surface area is 149 Å². The second kappa shape index (κ2) is 7.67. The average molecular weight is 429 g/mol. The normalized spacial score (nSPS) is 24.3. The van der Waals surface area contributed by atoms with Gasteiger partial charge in [-0.2, -0.15) is 0 Å². The number of rotatable bonds is 7. The molecule has 2 rings (SSSR count). The van der Waals surface area contributed by atoms with E-state index in [2.05, 4.69) is 20.7 Å². The van der Waals surface area contributed by atoms with E-state index >= 15 is 0 Å². The van der Waals surface area contributed by atoms with Crippen LogP contribution in [0.15, 0.2) is 21.5 Å². The highest BCUT2D eigenvalue weighted by molar-refractivity contribution is 9.10. The van der Waals surface area contributed by atoms with E-state index in [-0.39, 0.29) is 28.9 Å². The third-order valence-corrected chi connectivity index (χ3v) is 5.98. The van der Waals surface area contributed by atoms with Gasteiger partial charge in [0.05, 0.1) is 29.8 Å². The number of nitrogens with one attached hydrogen (secondary N) is 1. The maximum Gasteiger partial charge on any atom is 0.244 e. The van der Waals surface area contributed by atoms with Crippen LogP contribution in [0.1, 0.15) is 13.3 Å². The van der Waals surface area contributed by atoms with Crippen molar-refractivity contribution in [2.45, 2.75) is 36.5 Å². The molecule has 0 unspecified atom stereocenters. The number of halogens is 2. The summed E-state index contributed by atoms with van der Waals surface area (Å²) in [6.07, 6.45) is 0.124. The Balaban J connectivity index is 2.24. The summed E-state index contributed by atoms with van der Waals surface area (Å²) in [5.74, 6) is 0.205. The zero-order chi connectivity index (χ0) is 17.2. The lowest BCUT2D eigenvalue weighted by Crippen LogP contribution is -2.60. The highest BCUT2D eigenvalue weighted by atomic mass is 79.9. The molecule has 0 saturated heterocycles. The van der Waals surface area contributed by atoms with Crippen LogP contribution in [0.3, 0.4) is 0 Å². The summed E-state index contributed by atoms with van der Waals surface area (Å²) in [7, 11) is -0.877. The van der Waals surface area contributed by atoms with Gasteiger partial charge < -0.3 is 14.2 Å². The van der Waals surface area contributed by atoms with Crippen LogP contribution >= 0.6 is 27.5 Å². The summed E-state index contributed by atoms with van der Waals surface area (Å²) in [6.45, 7) is 2.44. The van der Waals surface area contributed by atoms with Crippen LogP contribution in [0.5, 0.6) is 5.75 Å². The van der Waals surface area contributed by atoms with Crippen molar-refractivity contribution in [2.75, 3.05) is 20.8 Å². The van der Waals surface area contributed by atoms with Gasteiger partial charge in [0.2, 0.25) is 10.0 Å². The molecule has 0 spiro atoms. The molecule has 1 saturated carbocycles. The van der Waals surface area contributed by atoms with Gasteiger partial charge in [-0.1, -0.05) is 11.6 Å². The van der Waals surface area contributed by atoms with Crippen molar-refractivity contribution >= 4 is 37.6 Å².